The Balaban J connectivity index is 2.26. The van der Waals surface area contributed by atoms with Crippen molar-refractivity contribution in [2.24, 2.45) is 0 Å². The van der Waals surface area contributed by atoms with Crippen molar-refractivity contribution in [3.63, 3.8) is 0 Å². The number of hydrogen-bond acceptors (Lipinski definition) is 3. The van der Waals surface area contributed by atoms with Gasteiger partial charge < -0.3 is 14.7 Å². The second-order valence-corrected chi connectivity index (χ2v) is 5.43. The lowest BCUT2D eigenvalue weighted by Crippen LogP contribution is -2.58. The predicted octanol–water partition coefficient (Wildman–Crippen LogP) is 1.41. The van der Waals surface area contributed by atoms with Gasteiger partial charge in [-0.15, -0.1) is 0 Å². The highest BCUT2D eigenvalue weighted by Crippen LogP contribution is 2.37. The van der Waals surface area contributed by atoms with Gasteiger partial charge in [0.2, 0.25) is 0 Å². The monoisotopic (exact) mass is 255 g/mol. The maximum atomic E-state index is 12.6. The molecule has 2 rings (SSSR count). The van der Waals surface area contributed by atoms with Crippen LogP contribution in [-0.2, 0) is 14.3 Å². The van der Waals surface area contributed by atoms with E-state index in [1.165, 1.54) is 0 Å². The molecule has 2 unspecified atom stereocenters. The first kappa shape index (κ1) is 13.3. The molecule has 0 aliphatic carbocycles. The second kappa shape index (κ2) is 4.53. The van der Waals surface area contributed by atoms with Crippen LogP contribution >= 0.6 is 0 Å². The number of carboxylic acid groups (broad SMARTS) is 1. The molecule has 18 heavy (non-hydrogen) atoms. The van der Waals surface area contributed by atoms with Gasteiger partial charge in [0, 0.05) is 13.2 Å². The molecule has 2 fully saturated rings. The third kappa shape index (κ3) is 1.81. The summed E-state index contributed by atoms with van der Waals surface area (Å²) in [6, 6.07) is 0. The van der Waals surface area contributed by atoms with Gasteiger partial charge in [-0.1, -0.05) is 6.92 Å². The number of nitrogens with zero attached hydrogens (tertiary/aromatic N) is 1. The first-order valence-corrected chi connectivity index (χ1v) is 6.66. The second-order valence-electron chi connectivity index (χ2n) is 5.43. The van der Waals surface area contributed by atoms with Crippen LogP contribution in [0.5, 0.6) is 0 Å². The fourth-order valence-corrected chi connectivity index (χ4v) is 3.15. The topological polar surface area (TPSA) is 66.8 Å². The Hall–Kier alpha value is -1.10. The third-order valence-electron chi connectivity index (χ3n) is 4.39. The maximum Gasteiger partial charge on any atom is 0.329 e. The molecule has 1 N–H and O–H groups in total. The average Bonchev–Trinajstić information content (AvgIpc) is 2.95. The lowest BCUT2D eigenvalue weighted by atomic mass is 9.90. The lowest BCUT2D eigenvalue weighted by molar-refractivity contribution is -0.166. The highest BCUT2D eigenvalue weighted by molar-refractivity contribution is 5.92. The van der Waals surface area contributed by atoms with E-state index in [2.05, 4.69) is 0 Å². The fraction of sp³-hybridized carbons (Fsp3) is 0.846. The number of amides is 1. The van der Waals surface area contributed by atoms with Crippen LogP contribution in [0.3, 0.4) is 0 Å². The molecular formula is C13H21NO4. The molecule has 0 bridgehead atoms. The first-order valence-electron chi connectivity index (χ1n) is 6.66. The number of carbonyl (C=O) groups excluding carboxylic acids is 1. The van der Waals surface area contributed by atoms with Crippen molar-refractivity contribution in [2.75, 3.05) is 13.2 Å². The number of rotatable bonds is 3. The largest absolute Gasteiger partial charge is 0.479 e. The summed E-state index contributed by atoms with van der Waals surface area (Å²) in [4.78, 5) is 25.7. The zero-order valence-electron chi connectivity index (χ0n) is 11.1. The van der Waals surface area contributed by atoms with E-state index in [0.717, 1.165) is 12.8 Å². The standard InChI is InChI=1S/C13H21NO4/c1-3-13(11(16)17)7-4-8-14(13)10(15)12(2)6-5-9-18-12/h3-9H2,1-2H3,(H,16,17). The van der Waals surface area contributed by atoms with E-state index in [0.29, 0.717) is 32.4 Å². The van der Waals surface area contributed by atoms with Crippen molar-refractivity contribution in [1.29, 1.82) is 0 Å². The number of carbonyl (C=O) groups is 2. The van der Waals surface area contributed by atoms with Crippen LogP contribution in [0, 0.1) is 0 Å². The van der Waals surface area contributed by atoms with Gasteiger partial charge in [-0.2, -0.15) is 0 Å². The van der Waals surface area contributed by atoms with E-state index in [1.54, 1.807) is 11.8 Å². The van der Waals surface area contributed by atoms with Gasteiger partial charge in [-0.3, -0.25) is 4.79 Å². The zero-order chi connectivity index (χ0) is 13.4. The molecule has 5 nitrogen and oxygen atoms in total. The summed E-state index contributed by atoms with van der Waals surface area (Å²) in [6.45, 7) is 4.72. The summed E-state index contributed by atoms with van der Waals surface area (Å²) in [5.41, 5.74) is -1.84. The van der Waals surface area contributed by atoms with Gasteiger partial charge in [0.15, 0.2) is 0 Å². The van der Waals surface area contributed by atoms with Gasteiger partial charge in [-0.25, -0.2) is 4.79 Å². The van der Waals surface area contributed by atoms with E-state index in [4.69, 9.17) is 4.74 Å². The minimum absolute atomic E-state index is 0.151. The molecule has 0 aromatic rings. The predicted molar refractivity (Wildman–Crippen MR) is 65.2 cm³/mol. The molecule has 2 aliphatic heterocycles. The van der Waals surface area contributed by atoms with Crippen LogP contribution in [0.4, 0.5) is 0 Å². The van der Waals surface area contributed by atoms with Gasteiger partial charge in [0.1, 0.15) is 11.1 Å². The molecule has 102 valence electrons. The molecule has 2 saturated heterocycles. The summed E-state index contributed by atoms with van der Waals surface area (Å²) in [5.74, 6) is -1.04. The zero-order valence-corrected chi connectivity index (χ0v) is 11.1. The smallest absolute Gasteiger partial charge is 0.329 e. The van der Waals surface area contributed by atoms with Crippen LogP contribution < -0.4 is 0 Å². The Kier molecular flexibility index (Phi) is 3.36. The Bertz CT molecular complexity index is 362. The maximum absolute atomic E-state index is 12.6. The fourth-order valence-electron chi connectivity index (χ4n) is 3.15. The molecular weight excluding hydrogens is 234 g/mol. The first-order chi connectivity index (χ1) is 8.46. The van der Waals surface area contributed by atoms with E-state index in [9.17, 15) is 14.7 Å². The normalized spacial score (nSPS) is 36.0. The lowest BCUT2D eigenvalue weighted by Gasteiger charge is -2.38. The van der Waals surface area contributed by atoms with Crippen molar-refractivity contribution in [3.8, 4) is 0 Å². The third-order valence-corrected chi connectivity index (χ3v) is 4.39. The highest BCUT2D eigenvalue weighted by Gasteiger charge is 2.53. The number of carboxylic acids is 1. The Morgan fingerprint density at radius 1 is 1.33 bits per heavy atom. The van der Waals surface area contributed by atoms with Crippen molar-refractivity contribution in [1.82, 2.24) is 4.90 Å². The summed E-state index contributed by atoms with van der Waals surface area (Å²) in [7, 11) is 0. The SMILES string of the molecule is CCC1(C(=O)O)CCCN1C(=O)C1(C)CCCO1. The summed E-state index contributed by atoms with van der Waals surface area (Å²) in [5, 5.41) is 9.48. The minimum atomic E-state index is -1.02. The van der Waals surface area contributed by atoms with Gasteiger partial charge in [-0.05, 0) is 39.0 Å². The minimum Gasteiger partial charge on any atom is -0.479 e. The molecule has 2 atom stereocenters. The number of hydrogen-bond donors (Lipinski definition) is 1. The quantitative estimate of drug-likeness (QED) is 0.828. The highest BCUT2D eigenvalue weighted by atomic mass is 16.5. The molecule has 0 saturated carbocycles. The van der Waals surface area contributed by atoms with E-state index < -0.39 is 17.1 Å². The van der Waals surface area contributed by atoms with Crippen molar-refractivity contribution in [3.05, 3.63) is 0 Å². The Labute approximate surface area is 107 Å². The molecule has 0 spiro atoms. The number of aliphatic carboxylic acids is 1. The van der Waals surface area contributed by atoms with Crippen LogP contribution in [0.2, 0.25) is 0 Å². The summed E-state index contributed by atoms with van der Waals surface area (Å²) >= 11 is 0. The van der Waals surface area contributed by atoms with Crippen LogP contribution in [0.15, 0.2) is 0 Å². The van der Waals surface area contributed by atoms with Crippen molar-refractivity contribution in [2.45, 2.75) is 57.1 Å². The molecule has 2 aliphatic rings. The number of likely N-dealkylation sites (tertiary alicyclic amines) is 1. The van der Waals surface area contributed by atoms with Crippen LogP contribution in [0.25, 0.3) is 0 Å². The van der Waals surface area contributed by atoms with Crippen molar-refractivity contribution >= 4 is 11.9 Å². The molecule has 0 aromatic carbocycles. The molecule has 0 aromatic heterocycles. The molecule has 0 radical (unpaired) electrons. The summed E-state index contributed by atoms with van der Waals surface area (Å²) in [6.07, 6.45) is 3.29. The molecule has 2 heterocycles. The van der Waals surface area contributed by atoms with Crippen LogP contribution in [0.1, 0.15) is 46.0 Å². The van der Waals surface area contributed by atoms with Gasteiger partial charge in [0.25, 0.3) is 5.91 Å². The van der Waals surface area contributed by atoms with Crippen molar-refractivity contribution < 1.29 is 19.4 Å². The Morgan fingerprint density at radius 2 is 2.06 bits per heavy atom. The molecule has 1 amide bonds. The number of ether oxygens (including phenoxy) is 1. The van der Waals surface area contributed by atoms with E-state index in [1.807, 2.05) is 6.92 Å². The van der Waals surface area contributed by atoms with E-state index in [-0.39, 0.29) is 5.91 Å². The van der Waals surface area contributed by atoms with Crippen LogP contribution in [-0.4, -0.2) is 46.2 Å². The van der Waals surface area contributed by atoms with Gasteiger partial charge >= 0.3 is 5.97 Å². The van der Waals surface area contributed by atoms with E-state index >= 15 is 0 Å². The Morgan fingerprint density at radius 3 is 2.56 bits per heavy atom. The molecule has 5 heteroatoms. The van der Waals surface area contributed by atoms with Gasteiger partial charge in [0.05, 0.1) is 0 Å². The average molecular weight is 255 g/mol. The summed E-state index contributed by atoms with van der Waals surface area (Å²) < 4.78 is 5.55.